The van der Waals surface area contributed by atoms with Gasteiger partial charge in [-0.25, -0.2) is 8.42 Å². The number of sulfonamides is 1. The highest BCUT2D eigenvalue weighted by Gasteiger charge is 2.23. The van der Waals surface area contributed by atoms with Gasteiger partial charge in [-0.1, -0.05) is 11.6 Å². The van der Waals surface area contributed by atoms with Crippen molar-refractivity contribution in [2.45, 2.75) is 10.8 Å². The molecule has 20 heavy (non-hydrogen) atoms. The summed E-state index contributed by atoms with van der Waals surface area (Å²) in [5.41, 5.74) is 6.92. The first-order valence-corrected chi connectivity index (χ1v) is 8.99. The fourth-order valence-corrected chi connectivity index (χ4v) is 5.18. The Bertz CT molecular complexity index is 731. The van der Waals surface area contributed by atoms with Gasteiger partial charge >= 0.3 is 0 Å². The summed E-state index contributed by atoms with van der Waals surface area (Å²) < 4.78 is 27.1. The number of hydrogen-bond donors (Lipinski definition) is 1. The Morgan fingerprint density at radius 1 is 1.35 bits per heavy atom. The zero-order valence-electron chi connectivity index (χ0n) is 10.5. The zero-order valence-corrected chi connectivity index (χ0v) is 14.5. The number of benzene rings is 1. The normalized spacial score (nSPS) is 12.0. The molecule has 8 heteroatoms. The lowest BCUT2D eigenvalue weighted by atomic mass is 10.2. The molecule has 0 radical (unpaired) electrons. The number of nitrogen functional groups attached to an aromatic ring is 1. The molecule has 108 valence electrons. The quantitative estimate of drug-likeness (QED) is 0.805. The van der Waals surface area contributed by atoms with Gasteiger partial charge in [-0.15, -0.1) is 11.3 Å². The molecule has 0 amide bonds. The van der Waals surface area contributed by atoms with Gasteiger partial charge in [0.15, 0.2) is 0 Å². The predicted molar refractivity (Wildman–Crippen MR) is 86.5 cm³/mol. The SMILES string of the molecule is CN(Cc1cc(N)ccc1Cl)S(=O)(=O)c1ccc(Br)s1. The molecule has 2 rings (SSSR count). The van der Waals surface area contributed by atoms with E-state index in [0.717, 1.165) is 3.79 Å². The number of anilines is 1. The first-order valence-electron chi connectivity index (χ1n) is 5.56. The Kier molecular flexibility index (Phi) is 4.76. The van der Waals surface area contributed by atoms with Gasteiger partial charge in [0.1, 0.15) is 4.21 Å². The third kappa shape index (κ3) is 3.35. The van der Waals surface area contributed by atoms with Gasteiger partial charge < -0.3 is 5.73 Å². The molecular formula is C12H12BrClN2O2S2. The van der Waals surface area contributed by atoms with E-state index in [2.05, 4.69) is 15.9 Å². The molecule has 0 fully saturated rings. The second kappa shape index (κ2) is 6.03. The van der Waals surface area contributed by atoms with E-state index in [-0.39, 0.29) is 10.8 Å². The van der Waals surface area contributed by atoms with E-state index in [1.165, 1.54) is 22.7 Å². The minimum Gasteiger partial charge on any atom is -0.399 e. The minimum absolute atomic E-state index is 0.168. The summed E-state index contributed by atoms with van der Waals surface area (Å²) in [6.45, 7) is 0.168. The van der Waals surface area contributed by atoms with E-state index in [1.54, 1.807) is 30.3 Å². The smallest absolute Gasteiger partial charge is 0.252 e. The molecule has 1 aromatic heterocycles. The Hall–Kier alpha value is -0.600. The standard InChI is InChI=1S/C12H12BrClN2O2S2/c1-16(7-8-6-9(15)2-3-10(8)14)20(17,18)12-5-4-11(13)19-12/h2-6H,7,15H2,1H3. The summed E-state index contributed by atoms with van der Waals surface area (Å²) in [7, 11) is -2.01. The molecular weight excluding hydrogens is 384 g/mol. The first kappa shape index (κ1) is 15.8. The fourth-order valence-electron chi connectivity index (χ4n) is 1.63. The zero-order chi connectivity index (χ0) is 14.9. The minimum atomic E-state index is -3.52. The summed E-state index contributed by atoms with van der Waals surface area (Å²) >= 11 is 10.5. The Morgan fingerprint density at radius 3 is 2.65 bits per heavy atom. The number of rotatable bonds is 4. The van der Waals surface area contributed by atoms with Crippen molar-refractivity contribution in [3.05, 3.63) is 44.7 Å². The van der Waals surface area contributed by atoms with Crippen LogP contribution in [-0.4, -0.2) is 19.8 Å². The van der Waals surface area contributed by atoms with Gasteiger partial charge in [0.25, 0.3) is 10.0 Å². The Balaban J connectivity index is 2.27. The molecule has 1 aromatic carbocycles. The number of nitrogens with two attached hydrogens (primary N) is 1. The lowest BCUT2D eigenvalue weighted by molar-refractivity contribution is 0.468. The maximum Gasteiger partial charge on any atom is 0.252 e. The average Bonchev–Trinajstić information content (AvgIpc) is 2.81. The van der Waals surface area contributed by atoms with Crippen molar-refractivity contribution in [2.24, 2.45) is 0 Å². The molecule has 0 unspecified atom stereocenters. The molecule has 0 saturated heterocycles. The summed E-state index contributed by atoms with van der Waals surface area (Å²) in [6.07, 6.45) is 0. The summed E-state index contributed by atoms with van der Waals surface area (Å²) in [5, 5.41) is 0.494. The van der Waals surface area contributed by atoms with Crippen molar-refractivity contribution < 1.29 is 8.42 Å². The molecule has 4 nitrogen and oxygen atoms in total. The van der Waals surface area contributed by atoms with Crippen molar-refractivity contribution in [2.75, 3.05) is 12.8 Å². The van der Waals surface area contributed by atoms with Crippen LogP contribution in [0.1, 0.15) is 5.56 Å². The molecule has 0 saturated carbocycles. The number of thiophene rings is 1. The molecule has 0 aliphatic rings. The lowest BCUT2D eigenvalue weighted by Crippen LogP contribution is -2.26. The van der Waals surface area contributed by atoms with Crippen molar-refractivity contribution in [1.29, 1.82) is 0 Å². The van der Waals surface area contributed by atoms with Gasteiger partial charge in [-0.05, 0) is 51.8 Å². The van der Waals surface area contributed by atoms with Crippen molar-refractivity contribution in [1.82, 2.24) is 4.31 Å². The van der Waals surface area contributed by atoms with Crippen LogP contribution in [0.3, 0.4) is 0 Å². The number of halogens is 2. The van der Waals surface area contributed by atoms with Crippen LogP contribution in [0, 0.1) is 0 Å². The maximum absolute atomic E-state index is 12.4. The highest BCUT2D eigenvalue weighted by molar-refractivity contribution is 9.11. The largest absolute Gasteiger partial charge is 0.399 e. The third-order valence-electron chi connectivity index (χ3n) is 2.68. The monoisotopic (exact) mass is 394 g/mol. The lowest BCUT2D eigenvalue weighted by Gasteiger charge is -2.17. The highest BCUT2D eigenvalue weighted by atomic mass is 79.9. The second-order valence-corrected chi connectivity index (χ2v) is 9.31. The van der Waals surface area contributed by atoms with E-state index in [4.69, 9.17) is 17.3 Å². The molecule has 0 aliphatic heterocycles. The Labute approximate surface area is 135 Å². The maximum atomic E-state index is 12.4. The number of hydrogen-bond acceptors (Lipinski definition) is 4. The van der Waals surface area contributed by atoms with E-state index in [1.807, 2.05) is 0 Å². The predicted octanol–water partition coefficient (Wildman–Crippen LogP) is 3.57. The fraction of sp³-hybridized carbons (Fsp3) is 0.167. The van der Waals surface area contributed by atoms with Crippen molar-refractivity contribution in [3.8, 4) is 0 Å². The molecule has 2 N–H and O–H groups in total. The van der Waals surface area contributed by atoms with Crippen LogP contribution in [0.4, 0.5) is 5.69 Å². The van der Waals surface area contributed by atoms with Gasteiger partial charge in [-0.2, -0.15) is 4.31 Å². The van der Waals surface area contributed by atoms with Crippen LogP contribution in [0.25, 0.3) is 0 Å². The highest BCUT2D eigenvalue weighted by Crippen LogP contribution is 2.29. The van der Waals surface area contributed by atoms with Gasteiger partial charge in [0, 0.05) is 24.3 Å². The summed E-state index contributed by atoms with van der Waals surface area (Å²) in [5.74, 6) is 0. The third-order valence-corrected chi connectivity index (χ3v) is 6.94. The average molecular weight is 396 g/mol. The van der Waals surface area contributed by atoms with E-state index < -0.39 is 10.0 Å². The Morgan fingerprint density at radius 2 is 2.05 bits per heavy atom. The van der Waals surface area contributed by atoms with Gasteiger partial charge in [-0.3, -0.25) is 0 Å². The van der Waals surface area contributed by atoms with Crippen LogP contribution < -0.4 is 5.73 Å². The summed E-state index contributed by atoms with van der Waals surface area (Å²) in [4.78, 5) is 0. The second-order valence-electron chi connectivity index (χ2n) is 4.17. The van der Waals surface area contributed by atoms with Crippen LogP contribution in [0.15, 0.2) is 38.3 Å². The van der Waals surface area contributed by atoms with Gasteiger partial charge in [0.2, 0.25) is 0 Å². The van der Waals surface area contributed by atoms with Crippen LogP contribution >= 0.6 is 38.9 Å². The van der Waals surface area contributed by atoms with Crippen molar-refractivity contribution in [3.63, 3.8) is 0 Å². The topological polar surface area (TPSA) is 63.4 Å². The van der Waals surface area contributed by atoms with Crippen LogP contribution in [-0.2, 0) is 16.6 Å². The molecule has 0 atom stereocenters. The molecule has 0 aliphatic carbocycles. The van der Waals surface area contributed by atoms with Crippen LogP contribution in [0.2, 0.25) is 5.02 Å². The molecule has 1 heterocycles. The number of nitrogens with zero attached hydrogens (tertiary/aromatic N) is 1. The molecule has 2 aromatic rings. The van der Waals surface area contributed by atoms with E-state index in [9.17, 15) is 8.42 Å². The van der Waals surface area contributed by atoms with Gasteiger partial charge in [0.05, 0.1) is 3.79 Å². The molecule has 0 spiro atoms. The van der Waals surface area contributed by atoms with Crippen molar-refractivity contribution >= 4 is 54.6 Å². The van der Waals surface area contributed by atoms with Crippen LogP contribution in [0.5, 0.6) is 0 Å². The first-order chi connectivity index (χ1) is 9.30. The summed E-state index contributed by atoms with van der Waals surface area (Å²) in [6, 6.07) is 8.30. The van der Waals surface area contributed by atoms with E-state index in [0.29, 0.717) is 16.3 Å². The molecule has 0 bridgehead atoms. The van der Waals surface area contributed by atoms with E-state index >= 15 is 0 Å².